The summed E-state index contributed by atoms with van der Waals surface area (Å²) in [7, 11) is 0. The first-order chi connectivity index (χ1) is 7.69. The average Bonchev–Trinajstić information content (AvgIpc) is 2.30. The molecule has 0 atom stereocenters. The summed E-state index contributed by atoms with van der Waals surface area (Å²) < 4.78 is 4.93. The molecule has 0 bridgehead atoms. The van der Waals surface area contributed by atoms with Gasteiger partial charge in [0.25, 0.3) is 0 Å². The lowest BCUT2D eigenvalue weighted by atomic mass is 10.3. The lowest BCUT2D eigenvalue weighted by molar-refractivity contribution is 0.0918. The molecule has 1 fully saturated rings. The smallest absolute Gasteiger partial charge is 0.409 e. The maximum atomic E-state index is 11.4. The summed E-state index contributed by atoms with van der Waals surface area (Å²) in [6.45, 7) is 7.56. The maximum absolute atomic E-state index is 11.4. The molecule has 6 nitrogen and oxygen atoms in total. The van der Waals surface area contributed by atoms with E-state index in [-0.39, 0.29) is 30.1 Å². The van der Waals surface area contributed by atoms with Crippen molar-refractivity contribution in [3.05, 3.63) is 0 Å². The largest absolute Gasteiger partial charge is 0.450 e. The fourth-order valence-corrected chi connectivity index (χ4v) is 1.59. The molecule has 1 rings (SSSR count). The van der Waals surface area contributed by atoms with Crippen molar-refractivity contribution in [3.63, 3.8) is 0 Å². The van der Waals surface area contributed by atoms with Gasteiger partial charge in [-0.25, -0.2) is 4.79 Å². The van der Waals surface area contributed by atoms with Crippen LogP contribution in [0.2, 0.25) is 0 Å². The number of halogens is 1. The molecule has 0 aromatic rings. The predicted octanol–water partition coefficient (Wildman–Crippen LogP) is 0.713. The number of piperazine rings is 1. The third kappa shape index (κ3) is 4.97. The highest BCUT2D eigenvalue weighted by Crippen LogP contribution is 2.03. The number of nitrogens with two attached hydrogens (primary N) is 1. The van der Waals surface area contributed by atoms with Crippen molar-refractivity contribution in [3.8, 4) is 0 Å². The fraction of sp³-hybridized carbons (Fsp3) is 0.800. The minimum Gasteiger partial charge on any atom is -0.450 e. The predicted molar refractivity (Wildman–Crippen MR) is 77.7 cm³/mol. The van der Waals surface area contributed by atoms with Crippen molar-refractivity contribution in [1.29, 1.82) is 0 Å². The summed E-state index contributed by atoms with van der Waals surface area (Å²) in [6.07, 6.45) is -0.242. The van der Waals surface area contributed by atoms with Gasteiger partial charge in [-0.05, 0) is 13.8 Å². The van der Waals surface area contributed by atoms with Gasteiger partial charge in [-0.3, -0.25) is 4.99 Å². The van der Waals surface area contributed by atoms with Crippen LogP contribution in [0.1, 0.15) is 13.8 Å². The van der Waals surface area contributed by atoms with E-state index in [1.54, 1.807) is 11.8 Å². The highest BCUT2D eigenvalue weighted by Gasteiger charge is 2.22. The van der Waals surface area contributed by atoms with E-state index >= 15 is 0 Å². The molecule has 0 aliphatic carbocycles. The number of nitrogens with zero attached hydrogens (tertiary/aromatic N) is 3. The molecule has 0 spiro atoms. The van der Waals surface area contributed by atoms with E-state index in [4.69, 9.17) is 10.5 Å². The number of hydrogen-bond donors (Lipinski definition) is 1. The molecular weight excluding hydrogens is 335 g/mol. The van der Waals surface area contributed by atoms with Gasteiger partial charge < -0.3 is 20.3 Å². The standard InChI is InChI=1S/C10H20N4O2.HI/c1-3-12-9(11)13-5-7-14(8-6-13)10(15)16-4-2;/h3-8H2,1-2H3,(H2,11,12);1H. The molecule has 0 saturated carbocycles. The summed E-state index contributed by atoms with van der Waals surface area (Å²) in [5.41, 5.74) is 5.78. The van der Waals surface area contributed by atoms with Crippen LogP contribution in [0.5, 0.6) is 0 Å². The molecule has 1 heterocycles. The fourth-order valence-electron chi connectivity index (χ4n) is 1.59. The molecule has 0 aromatic heterocycles. The second kappa shape index (κ2) is 8.37. The Morgan fingerprint density at radius 2 is 1.76 bits per heavy atom. The first-order valence-corrected chi connectivity index (χ1v) is 5.65. The van der Waals surface area contributed by atoms with Gasteiger partial charge in [-0.15, -0.1) is 24.0 Å². The minimum atomic E-state index is -0.242. The van der Waals surface area contributed by atoms with Crippen molar-refractivity contribution < 1.29 is 9.53 Å². The molecule has 1 aliphatic rings. The second-order valence-corrected chi connectivity index (χ2v) is 3.51. The molecule has 2 N–H and O–H groups in total. The third-order valence-electron chi connectivity index (χ3n) is 2.45. The average molecular weight is 356 g/mol. The zero-order chi connectivity index (χ0) is 12.0. The number of guanidine groups is 1. The number of carbonyl (C=O) groups is 1. The third-order valence-corrected chi connectivity index (χ3v) is 2.45. The van der Waals surface area contributed by atoms with E-state index in [0.717, 1.165) is 0 Å². The molecule has 1 amide bonds. The van der Waals surface area contributed by atoms with Gasteiger partial charge in [0.05, 0.1) is 6.61 Å². The van der Waals surface area contributed by atoms with Crippen LogP contribution in [-0.4, -0.2) is 61.2 Å². The Hall–Kier alpha value is -0.730. The number of rotatable bonds is 2. The highest BCUT2D eigenvalue weighted by molar-refractivity contribution is 14.0. The molecular formula is C10H21IN4O2. The zero-order valence-corrected chi connectivity index (χ0v) is 12.7. The molecule has 100 valence electrons. The quantitative estimate of drug-likeness (QED) is 0.450. The van der Waals surface area contributed by atoms with Gasteiger partial charge in [0.2, 0.25) is 0 Å². The van der Waals surface area contributed by atoms with Gasteiger partial charge in [0.15, 0.2) is 5.96 Å². The van der Waals surface area contributed by atoms with E-state index in [1.807, 2.05) is 11.8 Å². The summed E-state index contributed by atoms with van der Waals surface area (Å²) in [5, 5.41) is 0. The van der Waals surface area contributed by atoms with Gasteiger partial charge in [0.1, 0.15) is 0 Å². The van der Waals surface area contributed by atoms with E-state index in [9.17, 15) is 4.79 Å². The molecule has 0 aromatic carbocycles. The molecule has 7 heteroatoms. The number of amides is 1. The molecule has 1 aliphatic heterocycles. The summed E-state index contributed by atoms with van der Waals surface area (Å²) in [4.78, 5) is 19.2. The summed E-state index contributed by atoms with van der Waals surface area (Å²) in [6, 6.07) is 0. The first kappa shape index (κ1) is 16.3. The number of aliphatic imine (C=N–C) groups is 1. The van der Waals surface area contributed by atoms with E-state index in [1.165, 1.54) is 0 Å². The topological polar surface area (TPSA) is 71.2 Å². The number of carbonyl (C=O) groups excluding carboxylic acids is 1. The molecule has 1 saturated heterocycles. The van der Waals surface area contributed by atoms with Crippen LogP contribution >= 0.6 is 24.0 Å². The van der Waals surface area contributed by atoms with Crippen LogP contribution < -0.4 is 5.73 Å². The van der Waals surface area contributed by atoms with E-state index < -0.39 is 0 Å². The van der Waals surface area contributed by atoms with Crippen molar-refractivity contribution in [2.45, 2.75) is 13.8 Å². The van der Waals surface area contributed by atoms with Crippen molar-refractivity contribution in [1.82, 2.24) is 9.80 Å². The summed E-state index contributed by atoms with van der Waals surface area (Å²) >= 11 is 0. The van der Waals surface area contributed by atoms with Crippen molar-refractivity contribution >= 4 is 36.0 Å². The van der Waals surface area contributed by atoms with Gasteiger partial charge in [0, 0.05) is 32.7 Å². The number of hydrogen-bond acceptors (Lipinski definition) is 3. The Morgan fingerprint density at radius 3 is 2.24 bits per heavy atom. The Bertz CT molecular complexity index is 265. The Balaban J connectivity index is 0.00000256. The SMILES string of the molecule is CCN=C(N)N1CCN(C(=O)OCC)CC1.I. The highest BCUT2D eigenvalue weighted by atomic mass is 127. The van der Waals surface area contributed by atoms with Gasteiger partial charge in [-0.2, -0.15) is 0 Å². The van der Waals surface area contributed by atoms with Gasteiger partial charge >= 0.3 is 6.09 Å². The number of ether oxygens (including phenoxy) is 1. The van der Waals surface area contributed by atoms with Crippen LogP contribution in [0.4, 0.5) is 4.79 Å². The van der Waals surface area contributed by atoms with E-state index in [2.05, 4.69) is 4.99 Å². The van der Waals surface area contributed by atoms with Crippen LogP contribution in [0.3, 0.4) is 0 Å². The van der Waals surface area contributed by atoms with Gasteiger partial charge in [-0.1, -0.05) is 0 Å². The zero-order valence-electron chi connectivity index (χ0n) is 10.4. The lowest BCUT2D eigenvalue weighted by Gasteiger charge is -2.34. The van der Waals surface area contributed by atoms with Crippen LogP contribution in [0.15, 0.2) is 4.99 Å². The van der Waals surface area contributed by atoms with Crippen LogP contribution in [0.25, 0.3) is 0 Å². The maximum Gasteiger partial charge on any atom is 0.409 e. The van der Waals surface area contributed by atoms with E-state index in [0.29, 0.717) is 45.3 Å². The normalized spacial score (nSPS) is 16.5. The molecule has 17 heavy (non-hydrogen) atoms. The molecule has 0 unspecified atom stereocenters. The van der Waals surface area contributed by atoms with Crippen LogP contribution in [-0.2, 0) is 4.74 Å². The van der Waals surface area contributed by atoms with Crippen molar-refractivity contribution in [2.75, 3.05) is 39.3 Å². The Labute approximate surface area is 119 Å². The lowest BCUT2D eigenvalue weighted by Crippen LogP contribution is -2.52. The summed E-state index contributed by atoms with van der Waals surface area (Å²) in [5.74, 6) is 0.561. The van der Waals surface area contributed by atoms with Crippen LogP contribution in [0, 0.1) is 0 Å². The second-order valence-electron chi connectivity index (χ2n) is 3.51. The van der Waals surface area contributed by atoms with Crippen molar-refractivity contribution in [2.24, 2.45) is 10.7 Å². The molecule has 0 radical (unpaired) electrons. The minimum absolute atomic E-state index is 0. The first-order valence-electron chi connectivity index (χ1n) is 5.65. The Kier molecular flexibility index (Phi) is 8.01. The Morgan fingerprint density at radius 1 is 1.24 bits per heavy atom. The monoisotopic (exact) mass is 356 g/mol.